The van der Waals surface area contributed by atoms with Crippen LogP contribution in [0.2, 0.25) is 5.02 Å². The first kappa shape index (κ1) is 27.8. The van der Waals surface area contributed by atoms with E-state index in [-0.39, 0.29) is 18.1 Å². The molecule has 1 aromatic carbocycles. The summed E-state index contributed by atoms with van der Waals surface area (Å²) in [5.41, 5.74) is 1.80. The van der Waals surface area contributed by atoms with Gasteiger partial charge < -0.3 is 20.6 Å². The van der Waals surface area contributed by atoms with E-state index in [2.05, 4.69) is 37.8 Å². The second kappa shape index (κ2) is 12.6. The molecule has 3 unspecified atom stereocenters. The number of halogens is 2. The fraction of sp³-hybridized carbons (Fsp3) is 0.429. The summed E-state index contributed by atoms with van der Waals surface area (Å²) in [4.78, 5) is 19.5. The Morgan fingerprint density at radius 1 is 1.21 bits per heavy atom. The second-order valence-electron chi connectivity index (χ2n) is 10.3. The van der Waals surface area contributed by atoms with Crippen LogP contribution in [0.3, 0.4) is 0 Å². The first-order valence-electron chi connectivity index (χ1n) is 13.2. The summed E-state index contributed by atoms with van der Waals surface area (Å²) < 4.78 is 14.5. The zero-order chi connectivity index (χ0) is 27.4. The lowest BCUT2D eigenvalue weighted by molar-refractivity contribution is -0.116. The van der Waals surface area contributed by atoms with Gasteiger partial charge in [0, 0.05) is 53.3 Å². The number of nitrogens with one attached hydrogen (secondary N) is 2. The van der Waals surface area contributed by atoms with Crippen molar-refractivity contribution in [3.63, 3.8) is 0 Å². The molecule has 8 nitrogen and oxygen atoms in total. The van der Waals surface area contributed by atoms with Crippen LogP contribution in [0.1, 0.15) is 32.1 Å². The first-order valence-corrected chi connectivity index (χ1v) is 14.5. The lowest BCUT2D eigenvalue weighted by Crippen LogP contribution is -2.27. The number of aromatic nitrogens is 3. The van der Waals surface area contributed by atoms with Crippen molar-refractivity contribution in [2.75, 3.05) is 36.6 Å². The summed E-state index contributed by atoms with van der Waals surface area (Å²) in [6.07, 6.45) is 6.66. The summed E-state index contributed by atoms with van der Waals surface area (Å²) in [6, 6.07) is 10.1. The Hall–Kier alpha value is -2.79. The zero-order valence-corrected chi connectivity index (χ0v) is 23.3. The summed E-state index contributed by atoms with van der Waals surface area (Å²) in [5, 5.41) is 24.9. The molecule has 2 aliphatic rings. The molecule has 3 aromatic rings. The molecule has 2 aromatic heterocycles. The summed E-state index contributed by atoms with van der Waals surface area (Å²) in [7, 11) is 2.21. The maximum Gasteiger partial charge on any atom is 0.225 e. The first-order chi connectivity index (χ1) is 18.9. The van der Waals surface area contributed by atoms with Gasteiger partial charge in [-0.15, -0.1) is 22.0 Å². The van der Waals surface area contributed by atoms with Crippen molar-refractivity contribution in [1.29, 1.82) is 0 Å². The number of aliphatic hydroxyl groups excluding tert-OH is 1. The molecule has 2 fully saturated rings. The minimum atomic E-state index is -0.461. The normalized spacial score (nSPS) is 20.7. The molecule has 5 rings (SSSR count). The largest absolute Gasteiger partial charge is 0.396 e. The molecule has 1 saturated heterocycles. The Morgan fingerprint density at radius 2 is 2.08 bits per heavy atom. The second-order valence-corrected chi connectivity index (χ2v) is 11.8. The lowest BCUT2D eigenvalue weighted by atomic mass is 9.80. The topological polar surface area (TPSA) is 103 Å². The highest BCUT2D eigenvalue weighted by atomic mass is 35.5. The quantitative estimate of drug-likeness (QED) is 0.270. The van der Waals surface area contributed by atoms with Crippen LogP contribution in [0.4, 0.5) is 21.6 Å². The third kappa shape index (κ3) is 7.05. The van der Waals surface area contributed by atoms with Gasteiger partial charge in [-0.2, -0.15) is 0 Å². The molecule has 1 amide bonds. The average molecular weight is 571 g/mol. The number of pyridine rings is 1. The number of likely N-dealkylation sites (tertiary alicyclic amines) is 1. The molecule has 1 aliphatic carbocycles. The molecule has 206 valence electrons. The van der Waals surface area contributed by atoms with Gasteiger partial charge in [-0.05, 0) is 74.9 Å². The highest BCUT2D eigenvalue weighted by Crippen LogP contribution is 2.39. The van der Waals surface area contributed by atoms with E-state index >= 15 is 0 Å². The van der Waals surface area contributed by atoms with Crippen molar-refractivity contribution in [2.24, 2.45) is 11.8 Å². The molecule has 0 spiro atoms. The standard InChI is InChI=1S/C28H32ClFN6O2S/c1-36-16-18-10-17(11-21(36)12-18)2-5-27(38)33-26-14-20(6-7-31-26)32-25-15-24(34-35-28(25)39-9-8-37)22-13-19(29)3-4-23(22)30/h3-4,6-7,13-15,17-18,21,37H,2,5,8-12,16H2,1H3,(H2,31,32,33,34,38). The average Bonchev–Trinajstić information content (AvgIpc) is 3.18. The molecule has 3 heterocycles. The van der Waals surface area contributed by atoms with Gasteiger partial charge in [0.2, 0.25) is 5.91 Å². The highest BCUT2D eigenvalue weighted by molar-refractivity contribution is 7.99. The van der Waals surface area contributed by atoms with Crippen molar-refractivity contribution in [2.45, 2.75) is 43.2 Å². The van der Waals surface area contributed by atoms with Crippen molar-refractivity contribution in [3.8, 4) is 11.3 Å². The number of fused-ring (bicyclic) bond motifs is 2. The van der Waals surface area contributed by atoms with Gasteiger partial charge in [0.05, 0.1) is 18.0 Å². The van der Waals surface area contributed by atoms with E-state index in [4.69, 9.17) is 11.6 Å². The number of anilines is 3. The SMILES string of the molecule is CN1CC2CC(CCC(=O)Nc3cc(Nc4cc(-c5cc(Cl)ccc5F)nnc4SCCO)ccn3)CC1C2. The van der Waals surface area contributed by atoms with Crippen LogP contribution in [0, 0.1) is 17.7 Å². The minimum Gasteiger partial charge on any atom is -0.396 e. The van der Waals surface area contributed by atoms with Crippen molar-refractivity contribution in [3.05, 3.63) is 53.4 Å². The minimum absolute atomic E-state index is 0.0270. The highest BCUT2D eigenvalue weighted by Gasteiger charge is 2.37. The van der Waals surface area contributed by atoms with E-state index in [0.717, 1.165) is 12.3 Å². The molecule has 39 heavy (non-hydrogen) atoms. The Balaban J connectivity index is 1.26. The Labute approximate surface area is 236 Å². The van der Waals surface area contributed by atoms with E-state index in [1.54, 1.807) is 24.4 Å². The maximum absolute atomic E-state index is 14.5. The number of amides is 1. The van der Waals surface area contributed by atoms with Crippen LogP contribution in [0.5, 0.6) is 0 Å². The number of hydrogen-bond acceptors (Lipinski definition) is 8. The van der Waals surface area contributed by atoms with Crippen LogP contribution in [-0.4, -0.2) is 63.1 Å². The number of carbonyl (C=O) groups excluding carboxylic acids is 1. The van der Waals surface area contributed by atoms with Crippen LogP contribution in [0.25, 0.3) is 11.3 Å². The van der Waals surface area contributed by atoms with Gasteiger partial charge in [-0.3, -0.25) is 4.79 Å². The molecular formula is C28H32ClFN6O2S. The molecule has 11 heteroatoms. The maximum atomic E-state index is 14.5. The van der Waals surface area contributed by atoms with Crippen LogP contribution >= 0.6 is 23.4 Å². The van der Waals surface area contributed by atoms with Crippen molar-refractivity contribution in [1.82, 2.24) is 20.1 Å². The molecular weight excluding hydrogens is 539 g/mol. The van der Waals surface area contributed by atoms with Crippen molar-refractivity contribution >= 4 is 46.5 Å². The van der Waals surface area contributed by atoms with Gasteiger partial charge in [0.15, 0.2) is 0 Å². The number of carbonyl (C=O) groups is 1. The van der Waals surface area contributed by atoms with Crippen molar-refractivity contribution < 1.29 is 14.3 Å². The lowest BCUT2D eigenvalue weighted by Gasteiger charge is -2.28. The van der Waals surface area contributed by atoms with E-state index in [1.165, 1.54) is 55.8 Å². The van der Waals surface area contributed by atoms with E-state index in [1.807, 2.05) is 0 Å². The van der Waals surface area contributed by atoms with E-state index < -0.39 is 5.82 Å². The molecule has 2 bridgehead atoms. The Bertz CT molecular complexity index is 1330. The third-order valence-corrected chi connectivity index (χ3v) is 8.62. The Kier molecular flexibility index (Phi) is 8.96. The molecule has 1 saturated carbocycles. The van der Waals surface area contributed by atoms with E-state index in [9.17, 15) is 14.3 Å². The number of rotatable bonds is 10. The monoisotopic (exact) mass is 570 g/mol. The predicted molar refractivity (Wildman–Crippen MR) is 153 cm³/mol. The number of benzene rings is 1. The molecule has 3 atom stereocenters. The van der Waals surface area contributed by atoms with Gasteiger partial charge in [-0.1, -0.05) is 11.6 Å². The summed E-state index contributed by atoms with van der Waals surface area (Å²) >= 11 is 7.40. The van der Waals surface area contributed by atoms with Gasteiger partial charge >= 0.3 is 0 Å². The third-order valence-electron chi connectivity index (χ3n) is 7.43. The predicted octanol–water partition coefficient (Wildman–Crippen LogP) is 5.61. The summed E-state index contributed by atoms with van der Waals surface area (Å²) in [5.74, 6) is 1.72. The fourth-order valence-corrected chi connectivity index (χ4v) is 6.47. The van der Waals surface area contributed by atoms with Crippen LogP contribution in [-0.2, 0) is 4.79 Å². The molecule has 0 radical (unpaired) electrons. The Morgan fingerprint density at radius 3 is 2.90 bits per heavy atom. The molecule has 3 N–H and O–H groups in total. The molecule has 1 aliphatic heterocycles. The van der Waals surface area contributed by atoms with Gasteiger partial charge in [0.25, 0.3) is 0 Å². The number of aliphatic hydroxyl groups is 1. The number of nitrogens with zero attached hydrogens (tertiary/aromatic N) is 4. The number of hydrogen-bond donors (Lipinski definition) is 3. The van der Waals surface area contributed by atoms with Gasteiger partial charge in [-0.25, -0.2) is 9.37 Å². The summed E-state index contributed by atoms with van der Waals surface area (Å²) in [6.45, 7) is 1.15. The number of thioether (sulfide) groups is 1. The smallest absolute Gasteiger partial charge is 0.225 e. The van der Waals surface area contributed by atoms with Gasteiger partial charge in [0.1, 0.15) is 16.7 Å². The van der Waals surface area contributed by atoms with Crippen LogP contribution in [0.15, 0.2) is 47.6 Å². The zero-order valence-electron chi connectivity index (χ0n) is 21.7. The van der Waals surface area contributed by atoms with E-state index in [0.29, 0.717) is 57.1 Å². The van der Waals surface area contributed by atoms with Crippen LogP contribution < -0.4 is 10.6 Å². The fourth-order valence-electron chi connectivity index (χ4n) is 5.65.